The zero-order valence-electron chi connectivity index (χ0n) is 32.7. The molecule has 8 bridgehead atoms. The molecule has 10 unspecified atom stereocenters. The van der Waals surface area contributed by atoms with Crippen molar-refractivity contribution in [3.63, 3.8) is 0 Å². The molecule has 0 N–H and O–H groups in total. The molecule has 66 heavy (non-hydrogen) atoms. The molecule has 10 atom stereocenters. The second-order valence-corrected chi connectivity index (χ2v) is 18.7. The van der Waals surface area contributed by atoms with Gasteiger partial charge in [-0.25, -0.2) is 0 Å². The number of ether oxygens (including phenoxy) is 6. The van der Waals surface area contributed by atoms with E-state index in [0.29, 0.717) is 6.07 Å². The highest BCUT2D eigenvalue weighted by molar-refractivity contribution is 7.16. The fourth-order valence-electron chi connectivity index (χ4n) is 11.0. The summed E-state index contributed by atoms with van der Waals surface area (Å²) >= 11 is 0. The average Bonchev–Trinajstić information content (AvgIpc) is 3.07. The molecule has 6 nitrogen and oxygen atoms in total. The lowest BCUT2D eigenvalue weighted by molar-refractivity contribution is -0.643. The van der Waals surface area contributed by atoms with Crippen molar-refractivity contribution >= 4 is 18.5 Å². The van der Waals surface area contributed by atoms with Crippen LogP contribution in [0.15, 0.2) is 18.2 Å². The van der Waals surface area contributed by atoms with Crippen molar-refractivity contribution in [2.45, 2.75) is 158 Å². The van der Waals surface area contributed by atoms with Crippen LogP contribution in [-0.2, 0) is 44.7 Å². The van der Waals surface area contributed by atoms with Crippen molar-refractivity contribution in [1.29, 1.82) is 0 Å². The molecule has 32 heteroatoms. The molecular weight excluding hydrogens is 1020 g/mol. The van der Waals surface area contributed by atoms with E-state index in [-0.39, 0.29) is 12.1 Å². The van der Waals surface area contributed by atoms with E-state index in [4.69, 9.17) is 0 Å². The summed E-state index contributed by atoms with van der Waals surface area (Å²) in [5, 5.41) is 0. The van der Waals surface area contributed by atoms with Crippen molar-refractivity contribution in [2.75, 3.05) is 12.3 Å². The summed E-state index contributed by atoms with van der Waals surface area (Å²) in [4.78, 5) is 0. The normalized spacial score (nSPS) is 42.1. The molecule has 8 heterocycles. The average molecular weight is 1050 g/mol. The highest BCUT2D eigenvalue weighted by Crippen LogP contribution is 2.82. The number of hydrogen-bond acceptors (Lipinski definition) is 6. The Labute approximate surface area is 357 Å². The van der Waals surface area contributed by atoms with Gasteiger partial charge < -0.3 is 28.4 Å². The number of hydrogen-bond donors (Lipinski definition) is 0. The van der Waals surface area contributed by atoms with Crippen molar-refractivity contribution in [1.82, 2.24) is 0 Å². The topological polar surface area (TPSA) is 55.4 Å². The standard InChI is InChI=1S/C34H28F24O6P2/c1-16(2,3)13-4-5-14(17(11-65)19(27(35,36)37)7-23(31(47,48)49)60-20(17,28(38,39)40)8-24(59-19,63-23)32(50,51)52)15(6-13)18(12-66)21(29(41,42)43)9-25(33(53,54)55)62-22(18,30(44,45)46)10-26(61-21,64-25)34(56,57)58/h4-6H,7-12,65-66H2,1-3H3. The first-order valence-electron chi connectivity index (χ1n) is 18.3. The van der Waals surface area contributed by atoms with Crippen LogP contribution in [-0.4, -0.2) is 107 Å². The minimum absolute atomic E-state index is 0.104. The number of benzene rings is 1. The Bertz CT molecular complexity index is 2020. The Morgan fingerprint density at radius 1 is 0.379 bits per heavy atom. The monoisotopic (exact) mass is 1050 g/mol. The van der Waals surface area contributed by atoms with E-state index in [0.717, 1.165) is 39.3 Å². The summed E-state index contributed by atoms with van der Waals surface area (Å²) in [6.07, 6.45) is -74.5. The fourth-order valence-corrected chi connectivity index (χ4v) is 12.8. The zero-order valence-corrected chi connectivity index (χ0v) is 35.0. The molecule has 8 aliphatic heterocycles. The molecule has 1 aromatic rings. The first kappa shape index (κ1) is 52.0. The lowest BCUT2D eigenvalue weighted by atomic mass is 9.44. The molecule has 1 aromatic carbocycles. The van der Waals surface area contributed by atoms with Crippen LogP contribution in [0.4, 0.5) is 105 Å². The predicted octanol–water partition coefficient (Wildman–Crippen LogP) is 11.2. The van der Waals surface area contributed by atoms with E-state index in [1.165, 1.54) is 0 Å². The van der Waals surface area contributed by atoms with Crippen LogP contribution in [0.3, 0.4) is 0 Å². The second kappa shape index (κ2) is 13.2. The van der Waals surface area contributed by atoms with Gasteiger partial charge in [-0.1, -0.05) is 39.0 Å². The summed E-state index contributed by atoms with van der Waals surface area (Å²) in [6, 6.07) is 0.0593. The van der Waals surface area contributed by atoms with Crippen LogP contribution >= 0.6 is 18.5 Å². The number of alkyl halides is 24. The Morgan fingerprint density at radius 3 is 0.818 bits per heavy atom. The minimum Gasteiger partial charge on any atom is -0.325 e. The predicted molar refractivity (Wildman–Crippen MR) is 173 cm³/mol. The molecule has 378 valence electrons. The van der Waals surface area contributed by atoms with Gasteiger partial charge in [0.25, 0.3) is 23.1 Å². The largest absolute Gasteiger partial charge is 0.443 e. The van der Waals surface area contributed by atoms with E-state index in [2.05, 4.69) is 28.4 Å². The summed E-state index contributed by atoms with van der Waals surface area (Å²) in [5.74, 6) is -22.8. The molecule has 0 saturated carbocycles. The van der Waals surface area contributed by atoms with E-state index >= 15 is 105 Å². The quantitative estimate of drug-likeness (QED) is 0.221. The third-order valence-electron chi connectivity index (χ3n) is 13.7. The maximum atomic E-state index is 16.3. The molecular formula is C34H28F24O6P2. The van der Waals surface area contributed by atoms with E-state index in [1.54, 1.807) is 0 Å². The van der Waals surface area contributed by atoms with Gasteiger partial charge in [-0.2, -0.15) is 105 Å². The molecule has 0 aromatic heterocycles. The van der Waals surface area contributed by atoms with E-state index in [1.807, 2.05) is 0 Å². The van der Waals surface area contributed by atoms with Crippen LogP contribution in [0.5, 0.6) is 0 Å². The van der Waals surface area contributed by atoms with Crippen molar-refractivity contribution < 1.29 is 134 Å². The molecule has 9 rings (SSSR count). The molecule has 0 amide bonds. The van der Waals surface area contributed by atoms with E-state index < -0.39 is 166 Å². The Hall–Kier alpha value is -1.84. The number of halogens is 24. The van der Waals surface area contributed by atoms with Crippen molar-refractivity contribution in [3.8, 4) is 0 Å². The molecule has 8 aliphatic rings. The van der Waals surface area contributed by atoms with Gasteiger partial charge in [0.1, 0.15) is 0 Å². The van der Waals surface area contributed by atoms with Crippen molar-refractivity contribution in [2.24, 2.45) is 0 Å². The molecule has 0 radical (unpaired) electrons. The molecule has 8 saturated heterocycles. The van der Waals surface area contributed by atoms with Gasteiger partial charge in [0.15, 0.2) is 22.4 Å². The summed E-state index contributed by atoms with van der Waals surface area (Å²) in [7, 11) is 2.12. The first-order chi connectivity index (χ1) is 29.0. The van der Waals surface area contributed by atoms with Gasteiger partial charge in [0, 0.05) is 0 Å². The van der Waals surface area contributed by atoms with Crippen molar-refractivity contribution in [3.05, 3.63) is 34.9 Å². The number of rotatable bonds is 4. The summed E-state index contributed by atoms with van der Waals surface area (Å²) in [5.41, 5.74) is -41.3. The zero-order chi connectivity index (χ0) is 50.8. The van der Waals surface area contributed by atoms with Crippen LogP contribution < -0.4 is 0 Å². The lowest BCUT2D eigenvalue weighted by Crippen LogP contribution is -2.95. The van der Waals surface area contributed by atoms with Gasteiger partial charge in [0.05, 0.1) is 36.5 Å². The Morgan fingerprint density at radius 2 is 0.621 bits per heavy atom. The van der Waals surface area contributed by atoms with Crippen LogP contribution in [0.25, 0.3) is 0 Å². The van der Waals surface area contributed by atoms with Crippen LogP contribution in [0, 0.1) is 0 Å². The van der Waals surface area contributed by atoms with E-state index in [9.17, 15) is 0 Å². The third-order valence-corrected chi connectivity index (χ3v) is 14.9. The Kier molecular flexibility index (Phi) is 10.4. The highest BCUT2D eigenvalue weighted by atomic mass is 31.0. The van der Waals surface area contributed by atoms with Gasteiger partial charge in [-0.3, -0.25) is 0 Å². The van der Waals surface area contributed by atoms with Gasteiger partial charge in [-0.15, -0.1) is 18.5 Å². The van der Waals surface area contributed by atoms with Crippen LogP contribution in [0.1, 0.15) is 63.1 Å². The Balaban J connectivity index is 1.79. The maximum absolute atomic E-state index is 16.3. The molecule has 0 aliphatic carbocycles. The fraction of sp³-hybridized carbons (Fsp3) is 0.824. The highest BCUT2D eigenvalue weighted by Gasteiger charge is 3.01. The van der Waals surface area contributed by atoms with Crippen LogP contribution in [0.2, 0.25) is 0 Å². The lowest BCUT2D eigenvalue weighted by Gasteiger charge is -2.77. The van der Waals surface area contributed by atoms with Gasteiger partial charge in [0.2, 0.25) is 0 Å². The summed E-state index contributed by atoms with van der Waals surface area (Å²) < 4.78 is 401. The smallest absolute Gasteiger partial charge is 0.325 e. The summed E-state index contributed by atoms with van der Waals surface area (Å²) in [6.45, 7) is 3.04. The van der Waals surface area contributed by atoms with Gasteiger partial charge in [-0.05, 0) is 34.4 Å². The molecule has 0 spiro atoms. The minimum atomic E-state index is -7.14. The third kappa shape index (κ3) is 5.63. The van der Waals surface area contributed by atoms with Gasteiger partial charge >= 0.3 is 49.4 Å². The molecule has 8 fully saturated rings. The second-order valence-electron chi connectivity index (χ2n) is 17.9. The SMILES string of the molecule is CC(C)(C)c1ccc(C2(CP)C3(C(F)(F)F)CC4(C(F)(F)F)OC(C(F)(F)F)(CC2(C(F)(F)F)O4)O3)c(C2(CP)C3(C(F)(F)F)CC4(C(F)(F)F)OC(C(F)(F)F)(CC2(C(F)(F)F)O4)O3)c1. The maximum Gasteiger partial charge on any atom is 0.443 e. The first-order valence-corrected chi connectivity index (χ1v) is 20.0.